The Morgan fingerprint density at radius 3 is 2.86 bits per heavy atom. The van der Waals surface area contributed by atoms with Crippen molar-refractivity contribution in [3.05, 3.63) is 18.1 Å². The van der Waals surface area contributed by atoms with E-state index in [1.807, 2.05) is 4.90 Å². The number of aromatic nitrogens is 2. The fraction of sp³-hybridized carbons (Fsp3) is 0.692. The summed E-state index contributed by atoms with van der Waals surface area (Å²) in [6, 6.07) is 0. The second-order valence-corrected chi connectivity index (χ2v) is 8.50. The van der Waals surface area contributed by atoms with Gasteiger partial charge in [0.05, 0.1) is 18.1 Å². The van der Waals surface area contributed by atoms with E-state index < -0.39 is 15.2 Å². The summed E-state index contributed by atoms with van der Waals surface area (Å²) < 4.78 is 23.7. The van der Waals surface area contributed by atoms with E-state index in [0.717, 1.165) is 36.8 Å². The first kappa shape index (κ1) is 16.5. The summed E-state index contributed by atoms with van der Waals surface area (Å²) in [7, 11) is -3.07. The smallest absolute Gasteiger partial charge is 0.164 e. The van der Waals surface area contributed by atoms with Crippen LogP contribution < -0.4 is 5.32 Å². The number of hydrogen-bond donors (Lipinski definition) is 1. The number of nitrogens with zero attached hydrogens (tertiary/aromatic N) is 3. The summed E-state index contributed by atoms with van der Waals surface area (Å²) in [4.78, 5) is 10.7. The molecule has 21 heavy (non-hydrogen) atoms. The minimum Gasteiger partial charge on any atom is -0.369 e. The number of nitrogens with one attached hydrogen (secondary N) is 1. The predicted octanol–water partition coefficient (Wildman–Crippen LogP) is 1.22. The zero-order chi connectivity index (χ0) is 15.3. The second-order valence-electron chi connectivity index (χ2n) is 5.15. The lowest BCUT2D eigenvalue weighted by atomic mass is 10.3. The Morgan fingerprint density at radius 2 is 2.24 bits per heavy atom. The van der Waals surface area contributed by atoms with Crippen LogP contribution in [0.15, 0.2) is 12.4 Å². The second kappa shape index (κ2) is 7.42. The molecule has 1 aromatic heterocycles. The van der Waals surface area contributed by atoms with Crippen molar-refractivity contribution in [1.29, 1.82) is 0 Å². The minimum atomic E-state index is -3.07. The van der Waals surface area contributed by atoms with Gasteiger partial charge in [0.2, 0.25) is 0 Å². The molecule has 1 aliphatic heterocycles. The number of hydrogen-bond acceptors (Lipinski definition) is 7. The SMILES string of the molecule is CCCNc1cnc(CN2CCSCC2S(C)(=O)=O)cn1. The Morgan fingerprint density at radius 1 is 1.43 bits per heavy atom. The van der Waals surface area contributed by atoms with Gasteiger partial charge in [-0.2, -0.15) is 11.8 Å². The summed E-state index contributed by atoms with van der Waals surface area (Å²) in [6.45, 7) is 4.25. The normalized spacial score (nSPS) is 20.4. The van der Waals surface area contributed by atoms with Gasteiger partial charge in [-0.3, -0.25) is 9.88 Å². The van der Waals surface area contributed by atoms with Gasteiger partial charge in [-0.15, -0.1) is 0 Å². The van der Waals surface area contributed by atoms with Crippen molar-refractivity contribution in [1.82, 2.24) is 14.9 Å². The lowest BCUT2D eigenvalue weighted by molar-refractivity contribution is 0.259. The lowest BCUT2D eigenvalue weighted by Gasteiger charge is -2.33. The van der Waals surface area contributed by atoms with E-state index in [4.69, 9.17) is 0 Å². The van der Waals surface area contributed by atoms with Crippen molar-refractivity contribution in [3.8, 4) is 0 Å². The topological polar surface area (TPSA) is 75.2 Å². The van der Waals surface area contributed by atoms with Crippen molar-refractivity contribution in [3.63, 3.8) is 0 Å². The monoisotopic (exact) mass is 330 g/mol. The summed E-state index contributed by atoms with van der Waals surface area (Å²) in [5.74, 6) is 2.34. The molecule has 0 saturated carbocycles. The maximum absolute atomic E-state index is 11.9. The zero-order valence-corrected chi connectivity index (χ0v) is 14.1. The van der Waals surface area contributed by atoms with Crippen molar-refractivity contribution < 1.29 is 8.42 Å². The third kappa shape index (κ3) is 4.82. The quantitative estimate of drug-likeness (QED) is 0.840. The summed E-state index contributed by atoms with van der Waals surface area (Å²) in [6.07, 6.45) is 5.77. The van der Waals surface area contributed by atoms with E-state index in [2.05, 4.69) is 22.2 Å². The summed E-state index contributed by atoms with van der Waals surface area (Å²) >= 11 is 1.69. The first-order chi connectivity index (χ1) is 10.0. The molecule has 6 nitrogen and oxygen atoms in total. The lowest BCUT2D eigenvalue weighted by Crippen LogP contribution is -2.46. The van der Waals surface area contributed by atoms with Gasteiger partial charge in [-0.1, -0.05) is 6.92 Å². The average molecular weight is 330 g/mol. The van der Waals surface area contributed by atoms with Gasteiger partial charge in [0.15, 0.2) is 9.84 Å². The van der Waals surface area contributed by atoms with Crippen LogP contribution in [0.5, 0.6) is 0 Å². The number of rotatable bonds is 6. The van der Waals surface area contributed by atoms with Crippen molar-refractivity contribution in [2.24, 2.45) is 0 Å². The predicted molar refractivity (Wildman–Crippen MR) is 87.2 cm³/mol. The molecule has 2 heterocycles. The number of thioether (sulfide) groups is 1. The van der Waals surface area contributed by atoms with Crippen LogP contribution in [0.25, 0.3) is 0 Å². The molecule has 1 N–H and O–H groups in total. The molecule has 0 spiro atoms. The molecule has 1 aromatic rings. The molecule has 0 aromatic carbocycles. The standard InChI is InChI=1S/C13H22N4O2S2/c1-3-4-14-12-8-15-11(7-16-12)9-17-5-6-20-10-13(17)21(2,18)19/h7-8,13H,3-6,9-10H2,1-2H3,(H,14,16). The molecule has 1 fully saturated rings. The third-order valence-electron chi connectivity index (χ3n) is 3.31. The molecular weight excluding hydrogens is 308 g/mol. The van der Waals surface area contributed by atoms with Gasteiger partial charge in [0, 0.05) is 37.4 Å². The van der Waals surface area contributed by atoms with Gasteiger partial charge >= 0.3 is 0 Å². The number of anilines is 1. The molecule has 2 rings (SSSR count). The molecule has 8 heteroatoms. The fourth-order valence-corrected chi connectivity index (χ4v) is 5.12. The first-order valence-electron chi connectivity index (χ1n) is 7.06. The highest BCUT2D eigenvalue weighted by Crippen LogP contribution is 2.21. The van der Waals surface area contributed by atoms with E-state index in [1.165, 1.54) is 6.26 Å². The third-order valence-corrected chi connectivity index (χ3v) is 6.00. The van der Waals surface area contributed by atoms with E-state index in [-0.39, 0.29) is 0 Å². The van der Waals surface area contributed by atoms with Crippen molar-refractivity contribution in [2.75, 3.05) is 36.2 Å². The Bertz CT molecular complexity index is 548. The van der Waals surface area contributed by atoms with Crippen LogP contribution in [0.3, 0.4) is 0 Å². The van der Waals surface area contributed by atoms with Crippen LogP contribution in [0.2, 0.25) is 0 Å². The van der Waals surface area contributed by atoms with Gasteiger partial charge in [0.1, 0.15) is 11.2 Å². The van der Waals surface area contributed by atoms with Crippen LogP contribution in [-0.2, 0) is 16.4 Å². The minimum absolute atomic E-state index is 0.420. The van der Waals surface area contributed by atoms with E-state index in [1.54, 1.807) is 24.2 Å². The van der Waals surface area contributed by atoms with Crippen LogP contribution >= 0.6 is 11.8 Å². The van der Waals surface area contributed by atoms with E-state index >= 15 is 0 Å². The van der Waals surface area contributed by atoms with Crippen LogP contribution in [-0.4, -0.2) is 59.5 Å². The van der Waals surface area contributed by atoms with Gasteiger partial charge < -0.3 is 5.32 Å². The molecule has 0 bridgehead atoms. The van der Waals surface area contributed by atoms with Crippen LogP contribution in [0, 0.1) is 0 Å². The first-order valence-corrected chi connectivity index (χ1v) is 10.2. The molecular formula is C13H22N4O2S2. The van der Waals surface area contributed by atoms with Gasteiger partial charge in [-0.05, 0) is 6.42 Å². The fourth-order valence-electron chi connectivity index (χ4n) is 2.18. The maximum Gasteiger partial charge on any atom is 0.164 e. The van der Waals surface area contributed by atoms with Gasteiger partial charge in [0.25, 0.3) is 0 Å². The average Bonchev–Trinajstić information content (AvgIpc) is 2.46. The van der Waals surface area contributed by atoms with Crippen molar-refractivity contribution in [2.45, 2.75) is 25.3 Å². The Balaban J connectivity index is 2.02. The number of sulfone groups is 1. The maximum atomic E-state index is 11.9. The van der Waals surface area contributed by atoms with Gasteiger partial charge in [-0.25, -0.2) is 13.4 Å². The Labute approximate surface area is 130 Å². The largest absolute Gasteiger partial charge is 0.369 e. The molecule has 118 valence electrons. The molecule has 1 aliphatic rings. The van der Waals surface area contributed by atoms with Crippen LogP contribution in [0.4, 0.5) is 5.82 Å². The molecule has 0 aliphatic carbocycles. The molecule has 1 saturated heterocycles. The molecule has 1 atom stereocenters. The summed E-state index contributed by atoms with van der Waals surface area (Å²) in [5, 5.41) is 2.75. The van der Waals surface area contributed by atoms with Crippen molar-refractivity contribution >= 4 is 27.4 Å². The summed E-state index contributed by atoms with van der Waals surface area (Å²) in [5.41, 5.74) is 0.803. The van der Waals surface area contributed by atoms with Crippen LogP contribution in [0.1, 0.15) is 19.0 Å². The molecule has 0 amide bonds. The van der Waals surface area contributed by atoms with E-state index in [0.29, 0.717) is 12.3 Å². The van der Waals surface area contributed by atoms with E-state index in [9.17, 15) is 8.42 Å². The zero-order valence-electron chi connectivity index (χ0n) is 12.4. The Kier molecular flexibility index (Phi) is 5.83. The highest BCUT2D eigenvalue weighted by atomic mass is 32.2. The molecule has 0 radical (unpaired) electrons. The highest BCUT2D eigenvalue weighted by Gasteiger charge is 2.31. The molecule has 1 unspecified atom stereocenters. The Hall–Kier alpha value is -0.860. The highest BCUT2D eigenvalue weighted by molar-refractivity contribution is 8.00.